The molecule has 1 aromatic carbocycles. The van der Waals surface area contributed by atoms with Crippen molar-refractivity contribution in [3.63, 3.8) is 0 Å². The van der Waals surface area contributed by atoms with Crippen LogP contribution in [0, 0.1) is 5.92 Å². The third-order valence-corrected chi connectivity index (χ3v) is 4.80. The zero-order valence-electron chi connectivity index (χ0n) is 10.2. The molecule has 1 aliphatic carbocycles. The van der Waals surface area contributed by atoms with Crippen LogP contribution in [0.5, 0.6) is 0 Å². The Bertz CT molecular complexity index is 505. The molecule has 98 valence electrons. The lowest BCUT2D eigenvalue weighted by Gasteiger charge is -2.24. The second kappa shape index (κ2) is 5.67. The molecule has 3 nitrogen and oxygen atoms in total. The van der Waals surface area contributed by atoms with Gasteiger partial charge in [0.2, 0.25) is 0 Å². The first-order valence-corrected chi connectivity index (χ1v) is 7.80. The van der Waals surface area contributed by atoms with E-state index >= 15 is 0 Å². The molecule has 0 saturated heterocycles. The molecule has 0 spiro atoms. The summed E-state index contributed by atoms with van der Waals surface area (Å²) in [6, 6.07) is 8.36. The molecule has 0 aromatic heterocycles. The van der Waals surface area contributed by atoms with E-state index in [1.807, 2.05) is 0 Å². The fourth-order valence-corrected chi connectivity index (χ4v) is 3.36. The smallest absolute Gasteiger partial charge is 0.199 e. The zero-order chi connectivity index (χ0) is 13.0. The van der Waals surface area contributed by atoms with Gasteiger partial charge in [0.1, 0.15) is 0 Å². The summed E-state index contributed by atoms with van der Waals surface area (Å²) in [6.07, 6.45) is 4.95. The van der Waals surface area contributed by atoms with E-state index in [2.05, 4.69) is 0 Å². The second-order valence-corrected chi connectivity index (χ2v) is 6.54. The van der Waals surface area contributed by atoms with Gasteiger partial charge in [0, 0.05) is 11.3 Å². The van der Waals surface area contributed by atoms with Crippen molar-refractivity contribution in [3.8, 4) is 0 Å². The van der Waals surface area contributed by atoms with Gasteiger partial charge in [-0.3, -0.25) is 0 Å². The standard InChI is InChI=1S/C14H18O3S/c15-14-9-5-4-6-12(14)10-11-18(16,17)13-7-2-1-3-8-13/h1-3,7-8,10-12,14-15H,4-6,9H2/b11-10+/t12-,14+/m1/s1. The molecule has 1 aromatic rings. The molecule has 0 heterocycles. The average Bonchev–Trinajstić information content (AvgIpc) is 2.39. The SMILES string of the molecule is O=S(=O)(/C=C/[C@H]1CCCC[C@@H]1O)c1ccccc1. The van der Waals surface area contributed by atoms with Gasteiger partial charge >= 0.3 is 0 Å². The summed E-state index contributed by atoms with van der Waals surface area (Å²) in [7, 11) is -3.37. The highest BCUT2D eigenvalue weighted by molar-refractivity contribution is 7.94. The van der Waals surface area contributed by atoms with Crippen LogP contribution in [0.3, 0.4) is 0 Å². The Morgan fingerprint density at radius 2 is 1.78 bits per heavy atom. The van der Waals surface area contributed by atoms with E-state index in [0.717, 1.165) is 25.7 Å². The van der Waals surface area contributed by atoms with Crippen molar-refractivity contribution in [2.75, 3.05) is 0 Å². The third-order valence-electron chi connectivity index (χ3n) is 3.36. The van der Waals surface area contributed by atoms with E-state index in [0.29, 0.717) is 4.90 Å². The van der Waals surface area contributed by atoms with Crippen molar-refractivity contribution in [1.29, 1.82) is 0 Å². The Labute approximate surface area is 108 Å². The van der Waals surface area contributed by atoms with E-state index in [4.69, 9.17) is 0 Å². The minimum absolute atomic E-state index is 0.0303. The average molecular weight is 266 g/mol. The topological polar surface area (TPSA) is 54.4 Å². The van der Waals surface area contributed by atoms with Crippen molar-refractivity contribution in [3.05, 3.63) is 41.8 Å². The summed E-state index contributed by atoms with van der Waals surface area (Å²) in [5, 5.41) is 11.0. The van der Waals surface area contributed by atoms with Gasteiger partial charge in [-0.2, -0.15) is 0 Å². The molecule has 1 saturated carbocycles. The maximum atomic E-state index is 12.0. The summed E-state index contributed by atoms with van der Waals surface area (Å²) in [5.41, 5.74) is 0. The van der Waals surface area contributed by atoms with Gasteiger partial charge in [-0.1, -0.05) is 37.1 Å². The minimum atomic E-state index is -3.37. The highest BCUT2D eigenvalue weighted by Gasteiger charge is 2.21. The summed E-state index contributed by atoms with van der Waals surface area (Å²) in [5.74, 6) is -0.0303. The first-order valence-electron chi connectivity index (χ1n) is 6.26. The van der Waals surface area contributed by atoms with Gasteiger partial charge in [0.05, 0.1) is 11.0 Å². The quantitative estimate of drug-likeness (QED) is 0.914. The summed E-state index contributed by atoms with van der Waals surface area (Å²) >= 11 is 0. The van der Waals surface area contributed by atoms with Crippen LogP contribution in [0.4, 0.5) is 0 Å². The van der Waals surface area contributed by atoms with Gasteiger partial charge in [-0.15, -0.1) is 0 Å². The van der Waals surface area contributed by atoms with Crippen molar-refractivity contribution in [2.45, 2.75) is 36.7 Å². The molecule has 2 rings (SSSR count). The Morgan fingerprint density at radius 3 is 2.44 bits per heavy atom. The Kier molecular flexibility index (Phi) is 4.19. The maximum absolute atomic E-state index is 12.0. The Balaban J connectivity index is 2.13. The number of aliphatic hydroxyl groups excluding tert-OH is 1. The molecule has 0 bridgehead atoms. The summed E-state index contributed by atoms with van der Waals surface area (Å²) in [4.78, 5) is 0.298. The number of aliphatic hydroxyl groups is 1. The first-order chi connectivity index (χ1) is 8.59. The van der Waals surface area contributed by atoms with E-state index in [1.165, 1.54) is 5.41 Å². The zero-order valence-corrected chi connectivity index (χ0v) is 11.0. The molecule has 1 aliphatic rings. The van der Waals surface area contributed by atoms with Crippen molar-refractivity contribution < 1.29 is 13.5 Å². The lowest BCUT2D eigenvalue weighted by molar-refractivity contribution is 0.0928. The molecular formula is C14H18O3S. The lowest BCUT2D eigenvalue weighted by Crippen LogP contribution is -2.22. The Morgan fingerprint density at radius 1 is 1.11 bits per heavy atom. The van der Waals surface area contributed by atoms with Gasteiger partial charge in [-0.05, 0) is 25.0 Å². The normalized spacial score (nSPS) is 25.4. The molecule has 1 N–H and O–H groups in total. The van der Waals surface area contributed by atoms with Gasteiger partial charge < -0.3 is 5.11 Å². The van der Waals surface area contributed by atoms with Crippen LogP contribution in [0.25, 0.3) is 0 Å². The van der Waals surface area contributed by atoms with Crippen LogP contribution in [0.2, 0.25) is 0 Å². The van der Waals surface area contributed by atoms with Gasteiger partial charge in [0.15, 0.2) is 9.84 Å². The fraction of sp³-hybridized carbons (Fsp3) is 0.429. The van der Waals surface area contributed by atoms with Gasteiger partial charge in [0.25, 0.3) is 0 Å². The largest absolute Gasteiger partial charge is 0.393 e. The van der Waals surface area contributed by atoms with Crippen LogP contribution in [0.15, 0.2) is 46.7 Å². The van der Waals surface area contributed by atoms with Crippen LogP contribution in [-0.4, -0.2) is 19.6 Å². The van der Waals surface area contributed by atoms with Crippen LogP contribution in [0.1, 0.15) is 25.7 Å². The van der Waals surface area contributed by atoms with Gasteiger partial charge in [-0.25, -0.2) is 8.42 Å². The monoisotopic (exact) mass is 266 g/mol. The van der Waals surface area contributed by atoms with E-state index < -0.39 is 15.9 Å². The minimum Gasteiger partial charge on any atom is -0.393 e. The number of sulfone groups is 1. The molecule has 18 heavy (non-hydrogen) atoms. The molecule has 0 aliphatic heterocycles. The highest BCUT2D eigenvalue weighted by atomic mass is 32.2. The Hall–Kier alpha value is -1.13. The van der Waals surface area contributed by atoms with E-state index in [-0.39, 0.29) is 5.92 Å². The predicted octanol–water partition coefficient (Wildman–Crippen LogP) is 2.53. The molecular weight excluding hydrogens is 248 g/mol. The highest BCUT2D eigenvalue weighted by Crippen LogP contribution is 2.26. The number of hydrogen-bond donors (Lipinski definition) is 1. The third kappa shape index (κ3) is 3.21. The number of benzene rings is 1. The predicted molar refractivity (Wildman–Crippen MR) is 70.7 cm³/mol. The van der Waals surface area contributed by atoms with E-state index in [1.54, 1.807) is 36.4 Å². The summed E-state index contributed by atoms with van der Waals surface area (Å²) in [6.45, 7) is 0. The van der Waals surface area contributed by atoms with Crippen LogP contribution >= 0.6 is 0 Å². The van der Waals surface area contributed by atoms with Crippen molar-refractivity contribution in [1.82, 2.24) is 0 Å². The van der Waals surface area contributed by atoms with E-state index in [9.17, 15) is 13.5 Å². The van der Waals surface area contributed by atoms with Crippen LogP contribution in [-0.2, 0) is 9.84 Å². The molecule has 2 atom stereocenters. The molecule has 4 heteroatoms. The maximum Gasteiger partial charge on any atom is 0.199 e. The van der Waals surface area contributed by atoms with Crippen molar-refractivity contribution >= 4 is 9.84 Å². The fourth-order valence-electron chi connectivity index (χ4n) is 2.26. The second-order valence-electron chi connectivity index (χ2n) is 4.70. The molecule has 0 unspecified atom stereocenters. The molecule has 0 amide bonds. The van der Waals surface area contributed by atoms with Crippen molar-refractivity contribution in [2.24, 2.45) is 5.92 Å². The van der Waals surface area contributed by atoms with Crippen LogP contribution < -0.4 is 0 Å². The number of rotatable bonds is 3. The summed E-state index contributed by atoms with van der Waals surface area (Å²) < 4.78 is 24.0. The lowest BCUT2D eigenvalue weighted by atomic mass is 9.87. The first kappa shape index (κ1) is 13.3. The molecule has 0 radical (unpaired) electrons. The number of hydrogen-bond acceptors (Lipinski definition) is 3. The molecule has 1 fully saturated rings.